The number of rotatable bonds is 6. The SMILES string of the molecule is CC(Oc1cc(Oc2nn(C)c(C(F)(F)F)c2Cl)ccc1[N+](=O)[O-])S(C)(=O)=O. The molecular weight excluding hydrogens is 431 g/mol. The minimum atomic E-state index is -4.78. The normalized spacial score (nSPS) is 13.2. The summed E-state index contributed by atoms with van der Waals surface area (Å²) in [5.74, 6) is -1.24. The standard InChI is InChI=1S/C14H13ClF3N3O6S/c1-7(28(3,24)25)26-10-6-8(4-5-9(10)21(22)23)27-13-11(15)12(14(16,17)18)20(2)19-13/h4-7H,1-3H3. The first kappa shape index (κ1) is 21.8. The van der Waals surface area contributed by atoms with Crippen LogP contribution >= 0.6 is 11.6 Å². The average Bonchev–Trinajstić information content (AvgIpc) is 2.80. The fourth-order valence-corrected chi connectivity index (χ4v) is 2.61. The van der Waals surface area contributed by atoms with Crippen LogP contribution < -0.4 is 9.47 Å². The number of nitro groups is 1. The predicted octanol–water partition coefficient (Wildman–Crippen LogP) is 3.56. The summed E-state index contributed by atoms with van der Waals surface area (Å²) in [5.41, 5.74) is -3.23. The highest BCUT2D eigenvalue weighted by atomic mass is 35.5. The van der Waals surface area contributed by atoms with E-state index in [1.165, 1.54) is 0 Å². The van der Waals surface area contributed by atoms with Crippen LogP contribution in [0, 0.1) is 10.1 Å². The molecule has 0 spiro atoms. The summed E-state index contributed by atoms with van der Waals surface area (Å²) in [4.78, 5) is 10.3. The van der Waals surface area contributed by atoms with E-state index >= 15 is 0 Å². The number of aromatic nitrogens is 2. The highest BCUT2D eigenvalue weighted by molar-refractivity contribution is 7.91. The molecule has 9 nitrogen and oxygen atoms in total. The van der Waals surface area contributed by atoms with Gasteiger partial charge in [-0.3, -0.25) is 14.8 Å². The Morgan fingerprint density at radius 1 is 1.36 bits per heavy atom. The van der Waals surface area contributed by atoms with Crippen LogP contribution in [-0.4, -0.2) is 34.8 Å². The summed E-state index contributed by atoms with van der Waals surface area (Å²) >= 11 is 5.68. The molecule has 14 heteroatoms. The van der Waals surface area contributed by atoms with Crippen LogP contribution in [0.3, 0.4) is 0 Å². The van der Waals surface area contributed by atoms with Gasteiger partial charge in [0.15, 0.2) is 21.0 Å². The number of ether oxygens (including phenoxy) is 2. The van der Waals surface area contributed by atoms with Crippen molar-refractivity contribution >= 4 is 27.1 Å². The molecule has 1 unspecified atom stereocenters. The van der Waals surface area contributed by atoms with E-state index in [0.717, 1.165) is 38.4 Å². The van der Waals surface area contributed by atoms with E-state index in [1.807, 2.05) is 0 Å². The average molecular weight is 444 g/mol. The minimum absolute atomic E-state index is 0.199. The van der Waals surface area contributed by atoms with Gasteiger partial charge in [-0.15, -0.1) is 5.10 Å². The highest BCUT2D eigenvalue weighted by Gasteiger charge is 2.39. The molecule has 0 aliphatic heterocycles. The number of aryl methyl sites for hydroxylation is 1. The lowest BCUT2D eigenvalue weighted by Crippen LogP contribution is -2.23. The molecule has 0 aliphatic rings. The Morgan fingerprint density at radius 3 is 2.43 bits per heavy atom. The van der Waals surface area contributed by atoms with Gasteiger partial charge >= 0.3 is 11.9 Å². The molecule has 0 fully saturated rings. The molecule has 1 aromatic carbocycles. The van der Waals surface area contributed by atoms with Crippen LogP contribution in [0.2, 0.25) is 5.02 Å². The van der Waals surface area contributed by atoms with E-state index in [1.54, 1.807) is 0 Å². The largest absolute Gasteiger partial charge is 0.468 e. The summed E-state index contributed by atoms with van der Waals surface area (Å²) in [6.45, 7) is 1.16. The maximum Gasteiger partial charge on any atom is 0.434 e. The first-order valence-electron chi connectivity index (χ1n) is 7.33. The second kappa shape index (κ2) is 7.47. The van der Waals surface area contributed by atoms with Crippen molar-refractivity contribution in [1.29, 1.82) is 0 Å². The molecule has 0 saturated carbocycles. The second-order valence-electron chi connectivity index (χ2n) is 5.59. The summed E-state index contributed by atoms with van der Waals surface area (Å²) in [6, 6.07) is 2.98. The van der Waals surface area contributed by atoms with Crippen LogP contribution in [0.4, 0.5) is 18.9 Å². The number of hydrogen-bond acceptors (Lipinski definition) is 7. The fourth-order valence-electron chi connectivity index (χ4n) is 2.03. The lowest BCUT2D eigenvalue weighted by atomic mass is 10.3. The Morgan fingerprint density at radius 2 is 1.96 bits per heavy atom. The number of hydrogen-bond donors (Lipinski definition) is 0. The van der Waals surface area contributed by atoms with E-state index in [0.29, 0.717) is 4.68 Å². The lowest BCUT2D eigenvalue weighted by Gasteiger charge is -2.13. The molecule has 154 valence electrons. The van der Waals surface area contributed by atoms with Crippen LogP contribution in [0.1, 0.15) is 12.6 Å². The zero-order chi connectivity index (χ0) is 21.4. The van der Waals surface area contributed by atoms with Gasteiger partial charge in [-0.1, -0.05) is 11.6 Å². The van der Waals surface area contributed by atoms with Gasteiger partial charge in [0, 0.05) is 25.4 Å². The van der Waals surface area contributed by atoms with Gasteiger partial charge < -0.3 is 9.47 Å². The third-order valence-corrected chi connectivity index (χ3v) is 5.11. The van der Waals surface area contributed by atoms with Gasteiger partial charge in [-0.2, -0.15) is 13.2 Å². The number of sulfone groups is 1. The summed E-state index contributed by atoms with van der Waals surface area (Å²) in [6.07, 6.45) is -3.91. The monoisotopic (exact) mass is 443 g/mol. The molecule has 28 heavy (non-hydrogen) atoms. The number of nitrogens with zero attached hydrogens (tertiary/aromatic N) is 3. The van der Waals surface area contributed by atoms with Gasteiger partial charge in [0.1, 0.15) is 10.8 Å². The number of nitro benzene ring substituents is 1. The molecule has 2 aromatic rings. The molecule has 2 rings (SSSR count). The van der Waals surface area contributed by atoms with E-state index in [9.17, 15) is 31.7 Å². The first-order chi connectivity index (χ1) is 12.7. The molecule has 0 amide bonds. The number of halogens is 4. The van der Waals surface area contributed by atoms with Crippen molar-refractivity contribution in [3.8, 4) is 17.4 Å². The quantitative estimate of drug-likeness (QED) is 0.495. The van der Waals surface area contributed by atoms with Gasteiger partial charge in [0.05, 0.1) is 4.92 Å². The predicted molar refractivity (Wildman–Crippen MR) is 91.3 cm³/mol. The number of benzene rings is 1. The highest BCUT2D eigenvalue weighted by Crippen LogP contribution is 2.41. The van der Waals surface area contributed by atoms with Crippen molar-refractivity contribution in [1.82, 2.24) is 9.78 Å². The first-order valence-corrected chi connectivity index (χ1v) is 9.66. The van der Waals surface area contributed by atoms with E-state index < -0.39 is 54.4 Å². The Hall–Kier alpha value is -2.54. The topological polar surface area (TPSA) is 114 Å². The molecule has 0 N–H and O–H groups in total. The summed E-state index contributed by atoms with van der Waals surface area (Å²) in [5, 5.41) is 13.8. The van der Waals surface area contributed by atoms with Gasteiger partial charge in [0.2, 0.25) is 5.75 Å². The summed E-state index contributed by atoms with van der Waals surface area (Å²) < 4.78 is 72.7. The van der Waals surface area contributed by atoms with Crippen molar-refractivity contribution < 1.29 is 36.0 Å². The maximum atomic E-state index is 13.0. The zero-order valence-electron chi connectivity index (χ0n) is 14.5. The zero-order valence-corrected chi connectivity index (χ0v) is 16.1. The molecule has 0 saturated heterocycles. The smallest absolute Gasteiger partial charge is 0.434 e. The Balaban J connectivity index is 2.43. The Kier molecular flexibility index (Phi) is 5.80. The van der Waals surface area contributed by atoms with Gasteiger partial charge in [0.25, 0.3) is 5.88 Å². The van der Waals surface area contributed by atoms with Crippen molar-refractivity contribution in [3.63, 3.8) is 0 Å². The van der Waals surface area contributed by atoms with E-state index in [4.69, 9.17) is 21.1 Å². The minimum Gasteiger partial charge on any atom is -0.468 e. The van der Waals surface area contributed by atoms with Crippen molar-refractivity contribution in [2.45, 2.75) is 18.5 Å². The van der Waals surface area contributed by atoms with E-state index in [2.05, 4.69) is 5.10 Å². The van der Waals surface area contributed by atoms with Crippen LogP contribution in [0.15, 0.2) is 18.2 Å². The molecule has 1 aromatic heterocycles. The second-order valence-corrected chi connectivity index (χ2v) is 8.29. The van der Waals surface area contributed by atoms with Crippen LogP contribution in [-0.2, 0) is 23.1 Å². The molecular formula is C14H13ClF3N3O6S. The van der Waals surface area contributed by atoms with Crippen LogP contribution in [0.5, 0.6) is 17.4 Å². The summed E-state index contributed by atoms with van der Waals surface area (Å²) in [7, 11) is -2.67. The molecule has 1 heterocycles. The van der Waals surface area contributed by atoms with Crippen molar-refractivity contribution in [2.75, 3.05) is 6.26 Å². The van der Waals surface area contributed by atoms with Crippen molar-refractivity contribution in [2.24, 2.45) is 7.05 Å². The Bertz CT molecular complexity index is 1020. The fraction of sp³-hybridized carbons (Fsp3) is 0.357. The van der Waals surface area contributed by atoms with Crippen LogP contribution in [0.25, 0.3) is 0 Å². The number of alkyl halides is 3. The van der Waals surface area contributed by atoms with Gasteiger partial charge in [-0.25, -0.2) is 8.42 Å². The van der Waals surface area contributed by atoms with Crippen molar-refractivity contribution in [3.05, 3.63) is 39.0 Å². The Labute approximate surface area is 161 Å². The maximum absolute atomic E-state index is 13.0. The molecule has 0 radical (unpaired) electrons. The van der Waals surface area contributed by atoms with Gasteiger partial charge in [-0.05, 0) is 13.0 Å². The third-order valence-electron chi connectivity index (χ3n) is 3.47. The molecule has 0 bridgehead atoms. The lowest BCUT2D eigenvalue weighted by molar-refractivity contribution is -0.385. The van der Waals surface area contributed by atoms with E-state index in [-0.39, 0.29) is 5.75 Å². The molecule has 1 atom stereocenters. The third kappa shape index (κ3) is 4.65. The molecule has 0 aliphatic carbocycles.